The Morgan fingerprint density at radius 3 is 2.65 bits per heavy atom. The lowest BCUT2D eigenvalue weighted by Crippen LogP contribution is -2.39. The van der Waals surface area contributed by atoms with Crippen molar-refractivity contribution < 1.29 is 9.53 Å². The highest BCUT2D eigenvalue weighted by molar-refractivity contribution is 14.0. The fourth-order valence-electron chi connectivity index (χ4n) is 1.84. The Balaban J connectivity index is 0.00000484. The molecule has 0 aliphatic heterocycles. The van der Waals surface area contributed by atoms with Gasteiger partial charge >= 0.3 is 0 Å². The van der Waals surface area contributed by atoms with E-state index >= 15 is 0 Å². The minimum Gasteiger partial charge on any atom is -0.497 e. The maximum Gasteiger partial charge on any atom is 0.221 e. The van der Waals surface area contributed by atoms with Gasteiger partial charge in [0.25, 0.3) is 0 Å². The minimum absolute atomic E-state index is 0. The molecule has 0 aliphatic carbocycles. The van der Waals surface area contributed by atoms with Gasteiger partial charge in [-0.3, -0.25) is 9.79 Å². The highest BCUT2D eigenvalue weighted by Crippen LogP contribution is 2.11. The molecule has 1 amide bonds. The van der Waals surface area contributed by atoms with Gasteiger partial charge in [-0.2, -0.15) is 0 Å². The number of methoxy groups -OCH3 is 1. The van der Waals surface area contributed by atoms with Crippen LogP contribution in [0.2, 0.25) is 0 Å². The molecule has 0 spiro atoms. The first-order chi connectivity index (χ1) is 10.7. The van der Waals surface area contributed by atoms with E-state index in [-0.39, 0.29) is 29.9 Å². The smallest absolute Gasteiger partial charge is 0.221 e. The van der Waals surface area contributed by atoms with Crippen LogP contribution in [0.3, 0.4) is 0 Å². The summed E-state index contributed by atoms with van der Waals surface area (Å²) in [7, 11) is 3.36. The highest BCUT2D eigenvalue weighted by atomic mass is 127. The number of aliphatic imine (C=N–C) groups is 1. The molecule has 6 nitrogen and oxygen atoms in total. The number of amides is 1. The summed E-state index contributed by atoms with van der Waals surface area (Å²) < 4.78 is 5.19. The third-order valence-corrected chi connectivity index (χ3v) is 3.03. The van der Waals surface area contributed by atoms with Gasteiger partial charge in [0.2, 0.25) is 5.91 Å². The van der Waals surface area contributed by atoms with Crippen molar-refractivity contribution in [1.29, 1.82) is 0 Å². The Morgan fingerprint density at radius 2 is 2.00 bits per heavy atom. The number of carbonyl (C=O) groups excluding carboxylic acids is 1. The number of benzene rings is 1. The summed E-state index contributed by atoms with van der Waals surface area (Å²) in [5.74, 6) is 1.55. The van der Waals surface area contributed by atoms with E-state index in [1.54, 1.807) is 14.2 Å². The van der Waals surface area contributed by atoms with Crippen molar-refractivity contribution in [3.63, 3.8) is 0 Å². The molecule has 1 rings (SSSR count). The Labute approximate surface area is 155 Å². The zero-order valence-corrected chi connectivity index (χ0v) is 16.3. The van der Waals surface area contributed by atoms with E-state index in [0.29, 0.717) is 25.5 Å². The number of nitrogens with zero attached hydrogens (tertiary/aromatic N) is 1. The van der Waals surface area contributed by atoms with Crippen LogP contribution in [0.1, 0.15) is 25.3 Å². The van der Waals surface area contributed by atoms with E-state index in [0.717, 1.165) is 24.3 Å². The van der Waals surface area contributed by atoms with Crippen molar-refractivity contribution in [2.75, 3.05) is 27.2 Å². The molecular weight excluding hydrogens is 407 g/mol. The van der Waals surface area contributed by atoms with Crippen LogP contribution in [-0.2, 0) is 11.3 Å². The molecule has 0 fully saturated rings. The van der Waals surface area contributed by atoms with Crippen molar-refractivity contribution in [2.45, 2.75) is 26.3 Å². The molecule has 0 bridgehead atoms. The molecule has 3 N–H and O–H groups in total. The monoisotopic (exact) mass is 434 g/mol. The van der Waals surface area contributed by atoms with Crippen LogP contribution in [0.25, 0.3) is 0 Å². The normalized spacial score (nSPS) is 10.5. The maximum absolute atomic E-state index is 11.5. The zero-order chi connectivity index (χ0) is 16.2. The van der Waals surface area contributed by atoms with E-state index in [2.05, 4.69) is 20.9 Å². The average molecular weight is 434 g/mol. The molecule has 0 aromatic heterocycles. The van der Waals surface area contributed by atoms with Gasteiger partial charge in [0.15, 0.2) is 5.96 Å². The first-order valence-electron chi connectivity index (χ1n) is 7.53. The molecule has 0 radical (unpaired) electrons. The largest absolute Gasteiger partial charge is 0.497 e. The van der Waals surface area contributed by atoms with Gasteiger partial charge in [0, 0.05) is 33.1 Å². The van der Waals surface area contributed by atoms with Crippen LogP contribution in [0.5, 0.6) is 5.75 Å². The topological polar surface area (TPSA) is 74.8 Å². The summed E-state index contributed by atoms with van der Waals surface area (Å²) >= 11 is 0. The number of halogens is 1. The van der Waals surface area contributed by atoms with Crippen molar-refractivity contribution >= 4 is 35.8 Å². The summed E-state index contributed by atoms with van der Waals surface area (Å²) in [6, 6.07) is 7.84. The lowest BCUT2D eigenvalue weighted by Gasteiger charge is -2.12. The Bertz CT molecular complexity index is 495. The predicted octanol–water partition coefficient (Wildman–Crippen LogP) is 1.89. The van der Waals surface area contributed by atoms with Crippen molar-refractivity contribution in [2.24, 2.45) is 4.99 Å². The maximum atomic E-state index is 11.5. The number of nitrogens with one attached hydrogen (secondary N) is 3. The summed E-state index contributed by atoms with van der Waals surface area (Å²) in [5, 5.41) is 9.17. The van der Waals surface area contributed by atoms with Gasteiger partial charge in [-0.25, -0.2) is 0 Å². The molecule has 7 heteroatoms. The Kier molecular flexibility index (Phi) is 12.1. The second-order valence-electron chi connectivity index (χ2n) is 4.80. The van der Waals surface area contributed by atoms with E-state index in [1.807, 2.05) is 31.2 Å². The third-order valence-electron chi connectivity index (χ3n) is 3.03. The van der Waals surface area contributed by atoms with Gasteiger partial charge < -0.3 is 20.7 Å². The minimum atomic E-state index is 0. The number of carbonyl (C=O) groups is 1. The third kappa shape index (κ3) is 9.27. The fourth-order valence-corrected chi connectivity index (χ4v) is 1.84. The van der Waals surface area contributed by atoms with Crippen molar-refractivity contribution in [1.82, 2.24) is 16.0 Å². The zero-order valence-electron chi connectivity index (χ0n) is 14.0. The standard InChI is InChI=1S/C16H26N4O2.HI/c1-4-9-18-15(21)8-10-19-16(17-2)20-12-13-6-5-7-14(11-13)22-3;/h5-7,11H,4,8-10,12H2,1-3H3,(H,18,21)(H2,17,19,20);1H. The molecule has 23 heavy (non-hydrogen) atoms. The molecule has 1 aromatic rings. The van der Waals surface area contributed by atoms with E-state index in [4.69, 9.17) is 4.74 Å². The Hall–Kier alpha value is -1.51. The number of hydrogen-bond acceptors (Lipinski definition) is 3. The lowest BCUT2D eigenvalue weighted by molar-refractivity contribution is -0.120. The first-order valence-corrected chi connectivity index (χ1v) is 7.53. The van der Waals surface area contributed by atoms with Gasteiger partial charge in [0.05, 0.1) is 7.11 Å². The fraction of sp³-hybridized carbons (Fsp3) is 0.500. The quantitative estimate of drug-likeness (QED) is 0.332. The molecule has 0 aliphatic rings. The highest BCUT2D eigenvalue weighted by Gasteiger charge is 2.02. The van der Waals surface area contributed by atoms with Crippen LogP contribution in [0.4, 0.5) is 0 Å². The predicted molar refractivity (Wildman–Crippen MR) is 105 cm³/mol. The van der Waals surface area contributed by atoms with Crippen LogP contribution in [-0.4, -0.2) is 39.1 Å². The molecule has 0 atom stereocenters. The number of ether oxygens (including phenoxy) is 1. The van der Waals surface area contributed by atoms with Gasteiger partial charge in [-0.1, -0.05) is 19.1 Å². The molecule has 0 heterocycles. The van der Waals surface area contributed by atoms with E-state index in [1.165, 1.54) is 0 Å². The van der Waals surface area contributed by atoms with Crippen LogP contribution < -0.4 is 20.7 Å². The molecule has 1 aromatic carbocycles. The van der Waals surface area contributed by atoms with E-state index < -0.39 is 0 Å². The summed E-state index contributed by atoms with van der Waals surface area (Å²) in [5.41, 5.74) is 1.10. The van der Waals surface area contributed by atoms with Crippen LogP contribution >= 0.6 is 24.0 Å². The molecular formula is C16H27IN4O2. The second-order valence-corrected chi connectivity index (χ2v) is 4.80. The van der Waals surface area contributed by atoms with Gasteiger partial charge in [-0.05, 0) is 24.1 Å². The van der Waals surface area contributed by atoms with Crippen molar-refractivity contribution in [3.8, 4) is 5.75 Å². The van der Waals surface area contributed by atoms with Crippen LogP contribution in [0, 0.1) is 0 Å². The summed E-state index contributed by atoms with van der Waals surface area (Å²) in [6.07, 6.45) is 1.38. The second kappa shape index (κ2) is 13.0. The average Bonchev–Trinajstić information content (AvgIpc) is 2.56. The molecule has 130 valence electrons. The summed E-state index contributed by atoms with van der Waals surface area (Å²) in [4.78, 5) is 15.6. The first kappa shape index (κ1) is 21.5. The van der Waals surface area contributed by atoms with E-state index in [9.17, 15) is 4.79 Å². The lowest BCUT2D eigenvalue weighted by atomic mass is 10.2. The van der Waals surface area contributed by atoms with Crippen LogP contribution in [0.15, 0.2) is 29.3 Å². The summed E-state index contributed by atoms with van der Waals surface area (Å²) in [6.45, 7) is 3.94. The number of guanidine groups is 1. The molecule has 0 unspecified atom stereocenters. The number of hydrogen-bond donors (Lipinski definition) is 3. The molecule has 0 saturated carbocycles. The van der Waals surface area contributed by atoms with Gasteiger partial charge in [-0.15, -0.1) is 24.0 Å². The number of rotatable bonds is 8. The SMILES string of the molecule is CCCNC(=O)CCNC(=NC)NCc1cccc(OC)c1.I. The molecule has 0 saturated heterocycles. The van der Waals surface area contributed by atoms with Crippen molar-refractivity contribution in [3.05, 3.63) is 29.8 Å². The van der Waals surface area contributed by atoms with Gasteiger partial charge in [0.1, 0.15) is 5.75 Å². The Morgan fingerprint density at radius 1 is 1.22 bits per heavy atom.